The summed E-state index contributed by atoms with van der Waals surface area (Å²) in [5.74, 6) is 0.368. The lowest BCUT2D eigenvalue weighted by Crippen LogP contribution is -2.40. The molecule has 1 aromatic carbocycles. The number of carbonyl (C=O) groups excluding carboxylic acids is 1. The highest BCUT2D eigenvalue weighted by Crippen LogP contribution is 2.29. The van der Waals surface area contributed by atoms with Gasteiger partial charge in [-0.05, 0) is 31.0 Å². The van der Waals surface area contributed by atoms with Gasteiger partial charge in [-0.3, -0.25) is 4.79 Å². The number of rotatable bonds is 5. The molecule has 0 spiro atoms. The van der Waals surface area contributed by atoms with E-state index in [-0.39, 0.29) is 11.7 Å². The Balaban J connectivity index is 2.20. The van der Waals surface area contributed by atoms with Gasteiger partial charge in [-0.2, -0.15) is 0 Å². The lowest BCUT2D eigenvalue weighted by atomic mass is 10.1. The number of halogens is 1. The quantitative estimate of drug-likeness (QED) is 0.836. The first-order valence-electron chi connectivity index (χ1n) is 6.91. The molecule has 1 aliphatic carbocycles. The molecule has 0 aliphatic heterocycles. The first-order valence-corrected chi connectivity index (χ1v) is 8.03. The van der Waals surface area contributed by atoms with Gasteiger partial charge in [-0.25, -0.2) is 0 Å². The summed E-state index contributed by atoms with van der Waals surface area (Å²) in [6.45, 7) is 0.691. The van der Waals surface area contributed by atoms with Gasteiger partial charge in [0.15, 0.2) is 11.5 Å². The van der Waals surface area contributed by atoms with Crippen LogP contribution >= 0.6 is 15.9 Å². The third-order valence-electron chi connectivity index (χ3n) is 3.78. The summed E-state index contributed by atoms with van der Waals surface area (Å²) < 4.78 is 5.01. The van der Waals surface area contributed by atoms with Crippen molar-refractivity contribution in [3.63, 3.8) is 0 Å². The van der Waals surface area contributed by atoms with Gasteiger partial charge in [0.05, 0.1) is 7.11 Å². The van der Waals surface area contributed by atoms with Gasteiger partial charge < -0.3 is 14.7 Å². The molecule has 0 unspecified atom stereocenters. The molecular weight excluding hydrogens is 322 g/mol. The van der Waals surface area contributed by atoms with E-state index in [1.807, 2.05) is 4.90 Å². The SMILES string of the molecule is COc1ccc(C(=O)N(CCBr)C2CCCC2)cc1O. The normalized spacial score (nSPS) is 15.3. The molecule has 1 amide bonds. The van der Waals surface area contributed by atoms with Crippen LogP contribution in [0.4, 0.5) is 0 Å². The summed E-state index contributed by atoms with van der Waals surface area (Å²) in [5.41, 5.74) is 0.510. The number of alkyl halides is 1. The maximum atomic E-state index is 12.6. The van der Waals surface area contributed by atoms with Crippen molar-refractivity contribution in [2.45, 2.75) is 31.7 Å². The Hall–Kier alpha value is -1.23. The smallest absolute Gasteiger partial charge is 0.254 e. The van der Waals surface area contributed by atoms with Crippen molar-refractivity contribution in [1.29, 1.82) is 0 Å². The third-order valence-corrected chi connectivity index (χ3v) is 4.13. The van der Waals surface area contributed by atoms with Crippen LogP contribution in [0.15, 0.2) is 18.2 Å². The van der Waals surface area contributed by atoms with Crippen LogP contribution in [0.25, 0.3) is 0 Å². The molecule has 4 nitrogen and oxygen atoms in total. The number of ether oxygens (including phenoxy) is 1. The van der Waals surface area contributed by atoms with Crippen molar-refractivity contribution in [1.82, 2.24) is 4.90 Å². The lowest BCUT2D eigenvalue weighted by molar-refractivity contribution is 0.0696. The average Bonchev–Trinajstić information content (AvgIpc) is 2.97. The molecule has 1 saturated carbocycles. The van der Waals surface area contributed by atoms with E-state index in [2.05, 4.69) is 15.9 Å². The van der Waals surface area contributed by atoms with Crippen LogP contribution in [0.2, 0.25) is 0 Å². The highest BCUT2D eigenvalue weighted by molar-refractivity contribution is 9.09. The molecular formula is C15H20BrNO3. The van der Waals surface area contributed by atoms with Crippen molar-refractivity contribution in [2.75, 3.05) is 19.0 Å². The predicted molar refractivity (Wildman–Crippen MR) is 81.7 cm³/mol. The van der Waals surface area contributed by atoms with Crippen molar-refractivity contribution < 1.29 is 14.6 Å². The van der Waals surface area contributed by atoms with Crippen LogP contribution in [-0.2, 0) is 0 Å². The number of phenolic OH excluding ortho intramolecular Hbond substituents is 1. The molecule has 2 rings (SSSR count). The molecule has 0 bridgehead atoms. The molecule has 1 fully saturated rings. The zero-order valence-electron chi connectivity index (χ0n) is 11.6. The maximum Gasteiger partial charge on any atom is 0.254 e. The van der Waals surface area contributed by atoms with Crippen molar-refractivity contribution in [3.05, 3.63) is 23.8 Å². The van der Waals surface area contributed by atoms with Crippen LogP contribution in [0.5, 0.6) is 11.5 Å². The summed E-state index contributed by atoms with van der Waals surface area (Å²) >= 11 is 3.41. The largest absolute Gasteiger partial charge is 0.504 e. The second-order valence-corrected chi connectivity index (χ2v) is 5.81. The minimum atomic E-state index is -0.0192. The van der Waals surface area contributed by atoms with Crippen molar-refractivity contribution in [2.24, 2.45) is 0 Å². The molecule has 1 aromatic rings. The van der Waals surface area contributed by atoms with Crippen LogP contribution in [0.1, 0.15) is 36.0 Å². The Kier molecular flexibility index (Phi) is 5.29. The van der Waals surface area contributed by atoms with Gasteiger partial charge in [-0.1, -0.05) is 28.8 Å². The van der Waals surface area contributed by atoms with E-state index in [0.29, 0.717) is 23.9 Å². The number of aromatic hydroxyl groups is 1. The summed E-state index contributed by atoms with van der Waals surface area (Å²) in [4.78, 5) is 14.5. The zero-order chi connectivity index (χ0) is 14.5. The lowest BCUT2D eigenvalue weighted by Gasteiger charge is -2.28. The van der Waals surface area contributed by atoms with E-state index in [4.69, 9.17) is 4.74 Å². The number of hydrogen-bond donors (Lipinski definition) is 1. The number of hydrogen-bond acceptors (Lipinski definition) is 3. The van der Waals surface area contributed by atoms with E-state index in [1.54, 1.807) is 12.1 Å². The first-order chi connectivity index (χ1) is 9.67. The van der Waals surface area contributed by atoms with Gasteiger partial charge in [-0.15, -0.1) is 0 Å². The molecule has 0 radical (unpaired) electrons. The molecule has 5 heteroatoms. The number of methoxy groups -OCH3 is 1. The standard InChI is InChI=1S/C15H20BrNO3/c1-20-14-7-6-11(10-13(14)18)15(19)17(9-8-16)12-4-2-3-5-12/h6-7,10,12,18H,2-5,8-9H2,1H3. The number of nitrogens with zero attached hydrogens (tertiary/aromatic N) is 1. The van der Waals surface area contributed by atoms with Gasteiger partial charge in [0, 0.05) is 23.5 Å². The zero-order valence-corrected chi connectivity index (χ0v) is 13.2. The minimum absolute atomic E-state index is 0.00330. The topological polar surface area (TPSA) is 49.8 Å². The van der Waals surface area contributed by atoms with E-state index in [1.165, 1.54) is 26.0 Å². The number of phenols is 1. The van der Waals surface area contributed by atoms with Gasteiger partial charge >= 0.3 is 0 Å². The Morgan fingerprint density at radius 3 is 2.70 bits per heavy atom. The highest BCUT2D eigenvalue weighted by Gasteiger charge is 2.27. The fraction of sp³-hybridized carbons (Fsp3) is 0.533. The Bertz CT molecular complexity index is 472. The third kappa shape index (κ3) is 3.26. The van der Waals surface area contributed by atoms with E-state index in [0.717, 1.165) is 18.2 Å². The number of benzene rings is 1. The Morgan fingerprint density at radius 1 is 1.45 bits per heavy atom. The van der Waals surface area contributed by atoms with Gasteiger partial charge in [0.1, 0.15) is 0 Å². The highest BCUT2D eigenvalue weighted by atomic mass is 79.9. The Morgan fingerprint density at radius 2 is 2.15 bits per heavy atom. The molecule has 1 aliphatic rings. The van der Waals surface area contributed by atoms with Crippen LogP contribution in [0, 0.1) is 0 Å². The molecule has 0 atom stereocenters. The van der Waals surface area contributed by atoms with Gasteiger partial charge in [0.25, 0.3) is 5.91 Å². The first kappa shape index (κ1) is 15.2. The van der Waals surface area contributed by atoms with Crippen LogP contribution in [-0.4, -0.2) is 40.9 Å². The van der Waals surface area contributed by atoms with E-state index in [9.17, 15) is 9.90 Å². The monoisotopic (exact) mass is 341 g/mol. The fourth-order valence-electron chi connectivity index (χ4n) is 2.75. The van der Waals surface area contributed by atoms with Crippen molar-refractivity contribution >= 4 is 21.8 Å². The minimum Gasteiger partial charge on any atom is -0.504 e. The molecule has 0 heterocycles. The van der Waals surface area contributed by atoms with Gasteiger partial charge in [0.2, 0.25) is 0 Å². The van der Waals surface area contributed by atoms with Crippen LogP contribution in [0.3, 0.4) is 0 Å². The second-order valence-electron chi connectivity index (χ2n) is 5.01. The molecule has 0 aromatic heterocycles. The number of carbonyl (C=O) groups is 1. The van der Waals surface area contributed by atoms with Crippen LogP contribution < -0.4 is 4.74 Å². The fourth-order valence-corrected chi connectivity index (χ4v) is 3.13. The molecule has 1 N–H and O–H groups in total. The molecule has 0 saturated heterocycles. The summed E-state index contributed by atoms with van der Waals surface area (Å²) in [7, 11) is 1.49. The Labute approximate surface area is 127 Å². The second kappa shape index (κ2) is 6.97. The van der Waals surface area contributed by atoms with Crippen molar-refractivity contribution in [3.8, 4) is 11.5 Å². The summed E-state index contributed by atoms with van der Waals surface area (Å²) in [6.07, 6.45) is 4.51. The maximum absolute atomic E-state index is 12.6. The van der Waals surface area contributed by atoms with E-state index < -0.39 is 0 Å². The molecule has 110 valence electrons. The molecule has 20 heavy (non-hydrogen) atoms. The predicted octanol–water partition coefficient (Wildman–Crippen LogP) is 3.18. The number of amides is 1. The summed E-state index contributed by atoms with van der Waals surface area (Å²) in [5, 5.41) is 10.6. The average molecular weight is 342 g/mol. The summed E-state index contributed by atoms with van der Waals surface area (Å²) in [6, 6.07) is 5.14. The van der Waals surface area contributed by atoms with E-state index >= 15 is 0 Å².